The fraction of sp³-hybridized carbons (Fsp3) is 0. The molecule has 18 heavy (non-hydrogen) atoms. The minimum atomic E-state index is -0.359. The molecule has 88 valence electrons. The van der Waals surface area contributed by atoms with Gasteiger partial charge in [0.25, 0.3) is 5.91 Å². The molecule has 1 N–H and O–H groups in total. The number of carbonyl (C=O) groups is 1. The maximum absolute atomic E-state index is 11.8. The summed E-state index contributed by atoms with van der Waals surface area (Å²) in [7, 11) is 0. The van der Waals surface area contributed by atoms with Crippen LogP contribution in [-0.2, 0) is 0 Å². The first-order chi connectivity index (χ1) is 8.70. The Morgan fingerprint density at radius 1 is 1.33 bits per heavy atom. The Labute approximate surface area is 108 Å². The van der Waals surface area contributed by atoms with Gasteiger partial charge in [-0.05, 0) is 24.3 Å². The second-order valence-corrected chi connectivity index (χ2v) is 3.80. The number of benzene rings is 1. The van der Waals surface area contributed by atoms with Crippen molar-refractivity contribution in [2.75, 3.05) is 5.32 Å². The Balaban J connectivity index is 2.25. The lowest BCUT2D eigenvalue weighted by atomic mass is 10.2. The van der Waals surface area contributed by atoms with Gasteiger partial charge in [-0.2, -0.15) is 15.5 Å². The summed E-state index contributed by atoms with van der Waals surface area (Å²) in [6.45, 7) is 0. The van der Waals surface area contributed by atoms with Crippen LogP contribution in [0.1, 0.15) is 15.9 Å². The quantitative estimate of drug-likeness (QED) is 0.896. The molecule has 0 fully saturated rings. The average Bonchev–Trinajstić information content (AvgIpc) is 2.42. The predicted octanol–water partition coefficient (Wildman–Crippen LogP) is 2.25. The van der Waals surface area contributed by atoms with Crippen molar-refractivity contribution in [3.63, 3.8) is 0 Å². The van der Waals surface area contributed by atoms with E-state index in [-0.39, 0.29) is 5.91 Å². The van der Waals surface area contributed by atoms with Crippen molar-refractivity contribution in [3.05, 3.63) is 52.8 Å². The van der Waals surface area contributed by atoms with Crippen molar-refractivity contribution in [1.82, 2.24) is 10.2 Å². The fourth-order valence-corrected chi connectivity index (χ4v) is 1.47. The highest BCUT2D eigenvalue weighted by atomic mass is 35.5. The smallest absolute Gasteiger partial charge is 0.257 e. The molecule has 1 aromatic carbocycles. The van der Waals surface area contributed by atoms with Crippen LogP contribution in [0.4, 0.5) is 5.69 Å². The molecule has 2 aromatic rings. The van der Waals surface area contributed by atoms with Crippen LogP contribution in [0.3, 0.4) is 0 Å². The van der Waals surface area contributed by atoms with Crippen LogP contribution in [0, 0.1) is 11.3 Å². The van der Waals surface area contributed by atoms with Gasteiger partial charge >= 0.3 is 0 Å². The summed E-state index contributed by atoms with van der Waals surface area (Å²) in [5.41, 5.74) is 1.17. The van der Waals surface area contributed by atoms with E-state index in [0.717, 1.165) is 0 Å². The summed E-state index contributed by atoms with van der Waals surface area (Å²) < 4.78 is 0. The average molecular weight is 259 g/mol. The molecule has 0 atom stereocenters. The second kappa shape index (κ2) is 5.25. The second-order valence-electron chi connectivity index (χ2n) is 3.39. The monoisotopic (exact) mass is 258 g/mol. The van der Waals surface area contributed by atoms with E-state index in [1.54, 1.807) is 12.1 Å². The summed E-state index contributed by atoms with van der Waals surface area (Å²) in [5, 5.41) is 18.9. The Bertz CT molecular complexity index is 622. The number of carbonyl (C=O) groups excluding carboxylic acids is 1. The van der Waals surface area contributed by atoms with E-state index in [1.807, 2.05) is 6.07 Å². The Kier molecular flexibility index (Phi) is 3.51. The third-order valence-corrected chi connectivity index (χ3v) is 2.52. The third-order valence-electron chi connectivity index (χ3n) is 2.19. The van der Waals surface area contributed by atoms with Crippen LogP contribution in [0.2, 0.25) is 5.02 Å². The molecule has 2 rings (SSSR count). The fourth-order valence-electron chi connectivity index (χ4n) is 1.31. The number of hydrogen-bond donors (Lipinski definition) is 1. The number of aromatic nitrogens is 2. The molecule has 0 spiro atoms. The van der Waals surface area contributed by atoms with Gasteiger partial charge < -0.3 is 5.32 Å². The lowest BCUT2D eigenvalue weighted by Crippen LogP contribution is -2.12. The van der Waals surface area contributed by atoms with Gasteiger partial charge in [0.05, 0.1) is 40.3 Å². The van der Waals surface area contributed by atoms with Crippen LogP contribution < -0.4 is 5.32 Å². The lowest BCUT2D eigenvalue weighted by molar-refractivity contribution is 0.102. The highest BCUT2D eigenvalue weighted by molar-refractivity contribution is 6.34. The molecule has 5 nitrogen and oxygen atoms in total. The number of nitrogens with one attached hydrogen (secondary N) is 1. The van der Waals surface area contributed by atoms with E-state index in [4.69, 9.17) is 16.9 Å². The summed E-state index contributed by atoms with van der Waals surface area (Å²) in [5.74, 6) is -0.359. The van der Waals surface area contributed by atoms with Gasteiger partial charge in [-0.25, -0.2) is 0 Å². The van der Waals surface area contributed by atoms with Crippen molar-refractivity contribution >= 4 is 23.2 Å². The van der Waals surface area contributed by atoms with Crippen LogP contribution in [0.5, 0.6) is 0 Å². The van der Waals surface area contributed by atoms with Crippen LogP contribution in [0.15, 0.2) is 36.7 Å². The van der Waals surface area contributed by atoms with E-state index in [9.17, 15) is 4.79 Å². The highest BCUT2D eigenvalue weighted by Gasteiger charge is 2.09. The van der Waals surface area contributed by atoms with Gasteiger partial charge in [-0.3, -0.25) is 4.79 Å². The minimum absolute atomic E-state index is 0.359. The SMILES string of the molecule is N#Cc1ccc(Cl)c(NC(=O)c2ccnnc2)c1. The maximum Gasteiger partial charge on any atom is 0.257 e. The van der Waals surface area contributed by atoms with Crippen molar-refractivity contribution in [2.45, 2.75) is 0 Å². The standard InChI is InChI=1S/C12H7ClN4O/c13-10-2-1-8(6-14)5-11(10)17-12(18)9-3-4-15-16-7-9/h1-5,7H,(H,17,18). The number of hydrogen-bond acceptors (Lipinski definition) is 4. The number of anilines is 1. The molecule has 1 heterocycles. The van der Waals surface area contributed by atoms with Gasteiger partial charge in [0, 0.05) is 0 Å². The topological polar surface area (TPSA) is 78.7 Å². The molecule has 0 radical (unpaired) electrons. The molecule has 0 unspecified atom stereocenters. The van der Waals surface area contributed by atoms with Crippen molar-refractivity contribution in [1.29, 1.82) is 5.26 Å². The van der Waals surface area contributed by atoms with Crippen LogP contribution >= 0.6 is 11.6 Å². The van der Waals surface area contributed by atoms with Gasteiger partial charge in [0.15, 0.2) is 0 Å². The zero-order valence-electron chi connectivity index (χ0n) is 9.09. The van der Waals surface area contributed by atoms with Crippen LogP contribution in [0.25, 0.3) is 0 Å². The number of halogens is 1. The number of amides is 1. The Hall–Kier alpha value is -2.45. The Morgan fingerprint density at radius 2 is 2.17 bits per heavy atom. The zero-order valence-corrected chi connectivity index (χ0v) is 9.85. The molecule has 1 amide bonds. The molecule has 0 aliphatic heterocycles. The molecular formula is C12H7ClN4O. The molecular weight excluding hydrogens is 252 g/mol. The van der Waals surface area contributed by atoms with Crippen molar-refractivity contribution in [3.8, 4) is 6.07 Å². The summed E-state index contributed by atoms with van der Waals surface area (Å²) in [6, 6.07) is 8.15. The first-order valence-electron chi connectivity index (χ1n) is 4.98. The Morgan fingerprint density at radius 3 is 2.83 bits per heavy atom. The predicted molar refractivity (Wildman–Crippen MR) is 66.2 cm³/mol. The normalized spacial score (nSPS) is 9.56. The largest absolute Gasteiger partial charge is 0.321 e. The maximum atomic E-state index is 11.8. The number of nitrogens with zero attached hydrogens (tertiary/aromatic N) is 3. The van der Waals surface area contributed by atoms with E-state index in [1.165, 1.54) is 24.5 Å². The minimum Gasteiger partial charge on any atom is -0.321 e. The van der Waals surface area contributed by atoms with Crippen LogP contribution in [-0.4, -0.2) is 16.1 Å². The van der Waals surface area contributed by atoms with E-state index in [0.29, 0.717) is 21.8 Å². The van der Waals surface area contributed by atoms with Crippen molar-refractivity contribution < 1.29 is 4.79 Å². The van der Waals surface area contributed by atoms with Gasteiger partial charge in [0.1, 0.15) is 0 Å². The zero-order chi connectivity index (χ0) is 13.0. The van der Waals surface area contributed by atoms with E-state index < -0.39 is 0 Å². The summed E-state index contributed by atoms with van der Waals surface area (Å²) in [6.07, 6.45) is 2.76. The van der Waals surface area contributed by atoms with Gasteiger partial charge in [0.2, 0.25) is 0 Å². The molecule has 6 heteroatoms. The summed E-state index contributed by atoms with van der Waals surface area (Å²) >= 11 is 5.93. The molecule has 0 bridgehead atoms. The highest BCUT2D eigenvalue weighted by Crippen LogP contribution is 2.23. The van der Waals surface area contributed by atoms with E-state index >= 15 is 0 Å². The van der Waals surface area contributed by atoms with Gasteiger partial charge in [-0.15, -0.1) is 0 Å². The molecule has 0 aliphatic rings. The first kappa shape index (κ1) is 12.0. The molecule has 0 aliphatic carbocycles. The molecule has 1 aromatic heterocycles. The van der Waals surface area contributed by atoms with Crippen molar-refractivity contribution in [2.24, 2.45) is 0 Å². The summed E-state index contributed by atoms with van der Waals surface area (Å²) in [4.78, 5) is 11.8. The molecule has 0 saturated heterocycles. The molecule has 0 saturated carbocycles. The third kappa shape index (κ3) is 2.62. The lowest BCUT2D eigenvalue weighted by Gasteiger charge is -2.06. The van der Waals surface area contributed by atoms with Gasteiger partial charge in [-0.1, -0.05) is 11.6 Å². The number of nitriles is 1. The first-order valence-corrected chi connectivity index (χ1v) is 5.36. The number of rotatable bonds is 2. The van der Waals surface area contributed by atoms with E-state index in [2.05, 4.69) is 15.5 Å².